The summed E-state index contributed by atoms with van der Waals surface area (Å²) in [4.78, 5) is 9.36. The van der Waals surface area contributed by atoms with Crippen LogP contribution in [-0.4, -0.2) is 54.0 Å². The molecule has 0 aliphatic carbocycles. The topological polar surface area (TPSA) is 47.5 Å². The summed E-state index contributed by atoms with van der Waals surface area (Å²) in [6.45, 7) is 13.8. The van der Waals surface area contributed by atoms with Gasteiger partial charge in [0.15, 0.2) is 11.6 Å². The lowest BCUT2D eigenvalue weighted by Crippen LogP contribution is -2.44. The zero-order valence-corrected chi connectivity index (χ0v) is 19.5. The Kier molecular flexibility index (Phi) is 8.11. The van der Waals surface area contributed by atoms with Gasteiger partial charge < -0.3 is 9.80 Å². The van der Waals surface area contributed by atoms with Gasteiger partial charge in [-0.2, -0.15) is 5.10 Å². The first-order valence-electron chi connectivity index (χ1n) is 11.1. The number of aromatic amines is 1. The second-order valence-corrected chi connectivity index (χ2v) is 7.89. The molecule has 1 aliphatic rings. The number of hydrogen-bond acceptors (Lipinski definition) is 4. The van der Waals surface area contributed by atoms with Gasteiger partial charge in [0.25, 0.3) is 0 Å². The zero-order chi connectivity index (χ0) is 24.0. The molecule has 2 aromatic carbocycles. The molecule has 0 atom stereocenters. The van der Waals surface area contributed by atoms with Gasteiger partial charge >= 0.3 is 0 Å². The van der Waals surface area contributed by atoms with E-state index in [0.29, 0.717) is 23.5 Å². The number of benzene rings is 2. The summed E-state index contributed by atoms with van der Waals surface area (Å²) in [6.07, 6.45) is 0.699. The van der Waals surface area contributed by atoms with Crippen LogP contribution in [0.15, 0.2) is 60.6 Å². The van der Waals surface area contributed by atoms with Crippen LogP contribution < -0.4 is 4.90 Å². The molecule has 3 aromatic rings. The minimum Gasteiger partial charge on any atom is -0.369 e. The fourth-order valence-electron chi connectivity index (χ4n) is 3.85. The molecule has 0 spiro atoms. The number of anilines is 1. The van der Waals surface area contributed by atoms with Gasteiger partial charge in [-0.25, -0.2) is 13.8 Å². The van der Waals surface area contributed by atoms with E-state index < -0.39 is 11.6 Å². The summed E-state index contributed by atoms with van der Waals surface area (Å²) in [6, 6.07) is 12.4. The molecule has 0 amide bonds. The third kappa shape index (κ3) is 5.37. The highest BCUT2D eigenvalue weighted by atomic mass is 19.2. The molecule has 33 heavy (non-hydrogen) atoms. The number of aryl methyl sites for hydroxylation is 1. The first-order valence-corrected chi connectivity index (χ1v) is 11.1. The van der Waals surface area contributed by atoms with Crippen molar-refractivity contribution in [2.75, 3.05) is 38.1 Å². The average molecular weight is 452 g/mol. The zero-order valence-electron chi connectivity index (χ0n) is 19.5. The van der Waals surface area contributed by atoms with Crippen LogP contribution in [0.5, 0.6) is 0 Å². The van der Waals surface area contributed by atoms with E-state index in [1.165, 1.54) is 17.8 Å². The molecule has 0 unspecified atom stereocenters. The Morgan fingerprint density at radius 1 is 1.06 bits per heavy atom. The third-order valence-electron chi connectivity index (χ3n) is 5.80. The maximum absolute atomic E-state index is 14.2. The van der Waals surface area contributed by atoms with E-state index in [-0.39, 0.29) is 5.56 Å². The van der Waals surface area contributed by atoms with Crippen LogP contribution in [0.4, 0.5) is 20.2 Å². The van der Waals surface area contributed by atoms with E-state index >= 15 is 0 Å². The molecule has 0 saturated carbocycles. The number of hydrogen-bond donors (Lipinski definition) is 1. The quantitative estimate of drug-likeness (QED) is 0.405. The summed E-state index contributed by atoms with van der Waals surface area (Å²) in [5.74, 6) is -1.77. The van der Waals surface area contributed by atoms with Crippen molar-refractivity contribution < 1.29 is 8.78 Å². The van der Waals surface area contributed by atoms with Gasteiger partial charge in [-0.15, -0.1) is 13.2 Å². The molecule has 1 aromatic heterocycles. The standard InChI is InChI=1S/C24H27F2N5.C2H4/c1-4-21-24(27-16(2)19-6-5-7-20(25)22(19)26)23(29-28-21)17-8-10-18(11-9-17)31-14-12-30(3)13-15-31;1-2/h5-11H,4,12-15H2,1-3H3,(H,28,29);1-2H2. The highest BCUT2D eigenvalue weighted by Gasteiger charge is 2.18. The molecule has 2 heterocycles. The summed E-state index contributed by atoms with van der Waals surface area (Å²) in [5, 5.41) is 7.52. The molecule has 1 N–H and O–H groups in total. The lowest BCUT2D eigenvalue weighted by atomic mass is 10.1. The third-order valence-corrected chi connectivity index (χ3v) is 5.80. The number of aliphatic imine (C=N–C) groups is 1. The average Bonchev–Trinajstić information content (AvgIpc) is 3.25. The van der Waals surface area contributed by atoms with Crippen LogP contribution in [-0.2, 0) is 6.42 Å². The predicted molar refractivity (Wildman–Crippen MR) is 133 cm³/mol. The minimum atomic E-state index is -0.886. The van der Waals surface area contributed by atoms with Gasteiger partial charge in [0.2, 0.25) is 0 Å². The number of aromatic nitrogens is 2. The molecule has 5 nitrogen and oxygen atoms in total. The van der Waals surface area contributed by atoms with Gasteiger partial charge in [-0.05, 0) is 44.7 Å². The number of likely N-dealkylation sites (N-methyl/N-ethyl adjacent to an activating group) is 1. The maximum Gasteiger partial charge on any atom is 0.167 e. The van der Waals surface area contributed by atoms with Crippen LogP contribution in [0.1, 0.15) is 25.1 Å². The number of nitrogens with zero attached hydrogens (tertiary/aromatic N) is 4. The highest BCUT2D eigenvalue weighted by Crippen LogP contribution is 2.33. The van der Waals surface area contributed by atoms with E-state index in [0.717, 1.165) is 43.5 Å². The second-order valence-electron chi connectivity index (χ2n) is 7.89. The smallest absolute Gasteiger partial charge is 0.167 e. The van der Waals surface area contributed by atoms with Crippen molar-refractivity contribution in [2.45, 2.75) is 20.3 Å². The lowest BCUT2D eigenvalue weighted by molar-refractivity contribution is 0.313. The van der Waals surface area contributed by atoms with Crippen molar-refractivity contribution in [3.8, 4) is 11.3 Å². The van der Waals surface area contributed by atoms with Gasteiger partial charge in [-0.1, -0.05) is 25.1 Å². The van der Waals surface area contributed by atoms with Gasteiger partial charge in [-0.3, -0.25) is 5.10 Å². The second kappa shape index (κ2) is 11.0. The summed E-state index contributed by atoms with van der Waals surface area (Å²) in [5.41, 5.74) is 4.90. The molecule has 0 radical (unpaired) electrons. The van der Waals surface area contributed by atoms with E-state index in [2.05, 4.69) is 57.3 Å². The Hall–Kier alpha value is -3.32. The largest absolute Gasteiger partial charge is 0.369 e. The minimum absolute atomic E-state index is 0.152. The van der Waals surface area contributed by atoms with Gasteiger partial charge in [0.05, 0.1) is 5.69 Å². The number of rotatable bonds is 5. The van der Waals surface area contributed by atoms with Gasteiger partial charge in [0.1, 0.15) is 11.4 Å². The van der Waals surface area contributed by atoms with Crippen molar-refractivity contribution in [3.63, 3.8) is 0 Å². The normalized spacial score (nSPS) is 14.7. The van der Waals surface area contributed by atoms with Gasteiger partial charge in [0, 0.05) is 48.7 Å². The van der Waals surface area contributed by atoms with Crippen LogP contribution >= 0.6 is 0 Å². The first kappa shape index (κ1) is 24.3. The van der Waals surface area contributed by atoms with Crippen molar-refractivity contribution >= 4 is 17.1 Å². The fraction of sp³-hybridized carbons (Fsp3) is 0.308. The number of nitrogens with one attached hydrogen (secondary N) is 1. The number of H-pyrrole nitrogens is 1. The molecule has 4 rings (SSSR count). The van der Waals surface area contributed by atoms with Crippen LogP contribution in [0.25, 0.3) is 11.3 Å². The Balaban J connectivity index is 0.00000149. The monoisotopic (exact) mass is 451 g/mol. The first-order chi connectivity index (χ1) is 16.0. The molecule has 1 aliphatic heterocycles. The van der Waals surface area contributed by atoms with Crippen LogP contribution in [0.2, 0.25) is 0 Å². The van der Waals surface area contributed by atoms with Crippen LogP contribution in [0.3, 0.4) is 0 Å². The highest BCUT2D eigenvalue weighted by molar-refractivity contribution is 6.01. The summed E-state index contributed by atoms with van der Waals surface area (Å²) >= 11 is 0. The fourth-order valence-corrected chi connectivity index (χ4v) is 3.85. The maximum atomic E-state index is 14.2. The van der Waals surface area contributed by atoms with Crippen molar-refractivity contribution in [2.24, 2.45) is 4.99 Å². The molecular weight excluding hydrogens is 420 g/mol. The lowest BCUT2D eigenvalue weighted by Gasteiger charge is -2.34. The SMILES string of the molecule is C=C.CCc1[nH]nc(-c2ccc(N3CCN(C)CC3)cc2)c1N=C(C)c1cccc(F)c1F. The van der Waals surface area contributed by atoms with E-state index in [1.807, 2.05) is 19.1 Å². The van der Waals surface area contributed by atoms with E-state index in [9.17, 15) is 8.78 Å². The Labute approximate surface area is 194 Å². The Bertz CT molecular complexity index is 1100. The molecule has 1 saturated heterocycles. The number of halogens is 2. The molecule has 1 fully saturated rings. The van der Waals surface area contributed by atoms with Crippen molar-refractivity contribution in [3.05, 3.63) is 78.5 Å². The molecule has 7 heteroatoms. The molecular formula is C26H31F2N5. The summed E-state index contributed by atoms with van der Waals surface area (Å²) in [7, 11) is 2.14. The Morgan fingerprint density at radius 2 is 1.73 bits per heavy atom. The number of piperazine rings is 1. The summed E-state index contributed by atoms with van der Waals surface area (Å²) < 4.78 is 27.9. The predicted octanol–water partition coefficient (Wildman–Crippen LogP) is 5.61. The van der Waals surface area contributed by atoms with E-state index in [1.54, 1.807) is 6.92 Å². The van der Waals surface area contributed by atoms with Crippen molar-refractivity contribution in [1.29, 1.82) is 0 Å². The molecule has 174 valence electrons. The van der Waals surface area contributed by atoms with Crippen LogP contribution in [0, 0.1) is 11.6 Å². The molecule has 0 bridgehead atoms. The van der Waals surface area contributed by atoms with Crippen molar-refractivity contribution in [1.82, 2.24) is 15.1 Å². The Morgan fingerprint density at radius 3 is 2.36 bits per heavy atom. The van der Waals surface area contributed by atoms with E-state index in [4.69, 9.17) is 0 Å².